The Morgan fingerprint density at radius 1 is 0.933 bits per heavy atom. The van der Waals surface area contributed by atoms with Crippen LogP contribution in [0.15, 0.2) is 90.2 Å². The van der Waals surface area contributed by atoms with Crippen LogP contribution in [0.5, 0.6) is 5.75 Å². The largest absolute Gasteiger partial charge is 0.497 e. The van der Waals surface area contributed by atoms with Gasteiger partial charge in [0, 0.05) is 24.2 Å². The van der Waals surface area contributed by atoms with Gasteiger partial charge >= 0.3 is 0 Å². The van der Waals surface area contributed by atoms with Crippen LogP contribution in [0.1, 0.15) is 11.1 Å². The van der Waals surface area contributed by atoms with E-state index in [1.54, 1.807) is 18.9 Å². The minimum absolute atomic E-state index is 0.845. The Bertz CT molecular complexity index is 1090. The van der Waals surface area contributed by atoms with Gasteiger partial charge in [-0.1, -0.05) is 59.8 Å². The number of hydrogen-bond donors (Lipinski definition) is 0. The van der Waals surface area contributed by atoms with Crippen LogP contribution in [0.25, 0.3) is 5.69 Å². The first kappa shape index (κ1) is 20.1. The molecule has 0 radical (unpaired) electrons. The van der Waals surface area contributed by atoms with Crippen LogP contribution in [0.4, 0.5) is 11.5 Å². The number of ether oxygens (including phenoxy) is 1. The van der Waals surface area contributed by atoms with Gasteiger partial charge in [0.05, 0.1) is 13.3 Å². The van der Waals surface area contributed by atoms with E-state index in [9.17, 15) is 0 Å². The van der Waals surface area contributed by atoms with Gasteiger partial charge in [-0.2, -0.15) is 0 Å². The van der Waals surface area contributed by atoms with E-state index in [1.807, 2.05) is 24.4 Å². The van der Waals surface area contributed by atoms with Gasteiger partial charge in [0.1, 0.15) is 11.6 Å². The standard InChI is InChI=1S/C25H25N3OS/c1-19-9-11-20(12-10-19)18-30-25-26-17-24(28(25)22-7-5-4-6-8-22)27(2)21-13-15-23(29-3)16-14-21/h4-17H,18H2,1-3H3. The van der Waals surface area contributed by atoms with Crippen molar-refractivity contribution in [2.45, 2.75) is 17.8 Å². The van der Waals surface area contributed by atoms with Gasteiger partial charge in [-0.3, -0.25) is 4.57 Å². The smallest absolute Gasteiger partial charge is 0.174 e. The Labute approximate surface area is 182 Å². The molecule has 0 atom stereocenters. The second-order valence-electron chi connectivity index (χ2n) is 7.10. The third-order valence-corrected chi connectivity index (χ3v) is 6.04. The fraction of sp³-hybridized carbons (Fsp3) is 0.160. The monoisotopic (exact) mass is 415 g/mol. The molecule has 0 saturated heterocycles. The molecule has 0 aliphatic carbocycles. The third-order valence-electron chi connectivity index (χ3n) is 5.02. The number of hydrogen-bond acceptors (Lipinski definition) is 4. The van der Waals surface area contributed by atoms with Crippen LogP contribution < -0.4 is 9.64 Å². The summed E-state index contributed by atoms with van der Waals surface area (Å²) in [6.45, 7) is 2.11. The maximum Gasteiger partial charge on any atom is 0.174 e. The lowest BCUT2D eigenvalue weighted by Gasteiger charge is -2.22. The van der Waals surface area contributed by atoms with Gasteiger partial charge in [0.2, 0.25) is 0 Å². The number of anilines is 2. The van der Waals surface area contributed by atoms with Crippen molar-refractivity contribution in [1.29, 1.82) is 0 Å². The first-order chi connectivity index (χ1) is 14.7. The van der Waals surface area contributed by atoms with Crippen molar-refractivity contribution in [3.8, 4) is 11.4 Å². The summed E-state index contributed by atoms with van der Waals surface area (Å²) in [7, 11) is 3.74. The zero-order valence-electron chi connectivity index (χ0n) is 17.4. The van der Waals surface area contributed by atoms with E-state index in [2.05, 4.69) is 84.1 Å². The average Bonchev–Trinajstić information content (AvgIpc) is 3.23. The highest BCUT2D eigenvalue weighted by Crippen LogP contribution is 2.33. The molecule has 3 aromatic carbocycles. The van der Waals surface area contributed by atoms with Gasteiger partial charge in [-0.05, 0) is 48.9 Å². The molecular weight excluding hydrogens is 390 g/mol. The maximum atomic E-state index is 5.29. The minimum atomic E-state index is 0.845. The number of para-hydroxylation sites is 1. The second kappa shape index (κ2) is 9.09. The van der Waals surface area contributed by atoms with Crippen molar-refractivity contribution in [1.82, 2.24) is 9.55 Å². The first-order valence-corrected chi connectivity index (χ1v) is 10.8. The minimum Gasteiger partial charge on any atom is -0.497 e. The highest BCUT2D eigenvalue weighted by molar-refractivity contribution is 7.98. The van der Waals surface area contributed by atoms with Gasteiger partial charge < -0.3 is 9.64 Å². The summed E-state index contributed by atoms with van der Waals surface area (Å²) in [5, 5.41) is 0.970. The summed E-state index contributed by atoms with van der Waals surface area (Å²) < 4.78 is 7.51. The molecule has 0 N–H and O–H groups in total. The van der Waals surface area contributed by atoms with Crippen molar-refractivity contribution in [3.05, 3.63) is 96.2 Å². The molecule has 4 aromatic rings. The van der Waals surface area contributed by atoms with Crippen molar-refractivity contribution in [3.63, 3.8) is 0 Å². The SMILES string of the molecule is COc1ccc(N(C)c2cnc(SCc3ccc(C)cc3)n2-c2ccccc2)cc1. The fourth-order valence-electron chi connectivity index (χ4n) is 3.25. The lowest BCUT2D eigenvalue weighted by molar-refractivity contribution is 0.415. The van der Waals surface area contributed by atoms with Crippen LogP contribution >= 0.6 is 11.8 Å². The second-order valence-corrected chi connectivity index (χ2v) is 8.04. The van der Waals surface area contributed by atoms with E-state index in [4.69, 9.17) is 9.72 Å². The number of thioether (sulfide) groups is 1. The number of rotatable bonds is 7. The average molecular weight is 416 g/mol. The van der Waals surface area contributed by atoms with Crippen LogP contribution in [0.2, 0.25) is 0 Å². The molecule has 4 rings (SSSR count). The van der Waals surface area contributed by atoms with Crippen LogP contribution in [0, 0.1) is 6.92 Å². The van der Waals surface area contributed by atoms with Crippen molar-refractivity contribution in [2.24, 2.45) is 0 Å². The molecule has 0 aliphatic heterocycles. The Balaban J connectivity index is 1.67. The van der Waals surface area contributed by atoms with Crippen LogP contribution in [-0.2, 0) is 5.75 Å². The molecule has 0 unspecified atom stereocenters. The van der Waals surface area contributed by atoms with E-state index in [0.717, 1.165) is 33.9 Å². The summed E-state index contributed by atoms with van der Waals surface area (Å²) >= 11 is 1.75. The van der Waals surface area contributed by atoms with E-state index in [1.165, 1.54) is 11.1 Å². The van der Waals surface area contributed by atoms with Crippen LogP contribution in [0.3, 0.4) is 0 Å². The zero-order chi connectivity index (χ0) is 20.9. The lowest BCUT2D eigenvalue weighted by Crippen LogP contribution is -2.14. The first-order valence-electron chi connectivity index (χ1n) is 9.85. The molecule has 1 heterocycles. The van der Waals surface area contributed by atoms with Crippen LogP contribution in [-0.4, -0.2) is 23.7 Å². The Hall–Kier alpha value is -3.18. The van der Waals surface area contributed by atoms with Gasteiger partial charge in [0.25, 0.3) is 0 Å². The molecule has 152 valence electrons. The topological polar surface area (TPSA) is 30.3 Å². The van der Waals surface area contributed by atoms with E-state index >= 15 is 0 Å². The highest BCUT2D eigenvalue weighted by atomic mass is 32.2. The number of aryl methyl sites for hydroxylation is 1. The Morgan fingerprint density at radius 2 is 1.63 bits per heavy atom. The quantitative estimate of drug-likeness (QED) is 0.334. The van der Waals surface area contributed by atoms with Gasteiger partial charge in [-0.25, -0.2) is 4.98 Å². The molecule has 0 saturated carbocycles. The molecule has 5 heteroatoms. The predicted octanol–water partition coefficient (Wildman–Crippen LogP) is 6.25. The van der Waals surface area contributed by atoms with E-state index < -0.39 is 0 Å². The lowest BCUT2D eigenvalue weighted by atomic mass is 10.2. The van der Waals surface area contributed by atoms with Crippen molar-refractivity contribution >= 4 is 23.3 Å². The molecule has 0 aliphatic rings. The highest BCUT2D eigenvalue weighted by Gasteiger charge is 2.17. The summed E-state index contributed by atoms with van der Waals surface area (Å²) in [5.74, 6) is 2.73. The summed E-state index contributed by atoms with van der Waals surface area (Å²) in [6.07, 6.45) is 1.94. The number of imidazole rings is 1. The van der Waals surface area contributed by atoms with Crippen molar-refractivity contribution < 1.29 is 4.74 Å². The number of aromatic nitrogens is 2. The number of methoxy groups -OCH3 is 1. The molecule has 4 nitrogen and oxygen atoms in total. The summed E-state index contributed by atoms with van der Waals surface area (Å²) in [4.78, 5) is 6.91. The van der Waals surface area contributed by atoms with Gasteiger partial charge in [0.15, 0.2) is 5.16 Å². The molecule has 30 heavy (non-hydrogen) atoms. The zero-order valence-corrected chi connectivity index (χ0v) is 18.3. The molecule has 0 amide bonds. The predicted molar refractivity (Wildman–Crippen MR) is 125 cm³/mol. The third kappa shape index (κ3) is 4.36. The number of benzene rings is 3. The van der Waals surface area contributed by atoms with E-state index in [-0.39, 0.29) is 0 Å². The Kier molecular flexibility index (Phi) is 6.10. The molecule has 1 aromatic heterocycles. The fourth-order valence-corrected chi connectivity index (χ4v) is 4.20. The molecular formula is C25H25N3OS. The molecule has 0 bridgehead atoms. The normalized spacial score (nSPS) is 10.8. The maximum absolute atomic E-state index is 5.29. The summed E-state index contributed by atoms with van der Waals surface area (Å²) in [5.41, 5.74) is 4.73. The van der Waals surface area contributed by atoms with Crippen molar-refractivity contribution in [2.75, 3.05) is 19.1 Å². The molecule has 0 spiro atoms. The van der Waals surface area contributed by atoms with Gasteiger partial charge in [-0.15, -0.1) is 0 Å². The van der Waals surface area contributed by atoms with E-state index in [0.29, 0.717) is 0 Å². The molecule has 0 fully saturated rings. The summed E-state index contributed by atoms with van der Waals surface area (Å²) in [6, 6.07) is 27.1. The number of nitrogens with zero attached hydrogens (tertiary/aromatic N) is 3. The Morgan fingerprint density at radius 3 is 2.30 bits per heavy atom.